The van der Waals surface area contributed by atoms with Crippen molar-refractivity contribution >= 4 is 17.5 Å². The van der Waals surface area contributed by atoms with E-state index >= 15 is 0 Å². The normalized spacial score (nSPS) is 16.5. The maximum atomic E-state index is 13.9. The molecule has 1 N–H and O–H groups in total. The monoisotopic (exact) mass is 356 g/mol. The fourth-order valence-electron chi connectivity index (χ4n) is 2.44. The summed E-state index contributed by atoms with van der Waals surface area (Å²) in [6.45, 7) is 10.8. The van der Waals surface area contributed by atoms with E-state index in [1.54, 1.807) is 13.8 Å². The number of thioether (sulfide) groups is 1. The molecular formula is C17H16F4N2S. The minimum atomic E-state index is -4.63. The zero-order chi connectivity index (χ0) is 18.1. The van der Waals surface area contributed by atoms with Gasteiger partial charge in [0.1, 0.15) is 5.82 Å². The lowest BCUT2D eigenvalue weighted by Crippen LogP contribution is -2.19. The van der Waals surface area contributed by atoms with Gasteiger partial charge in [0, 0.05) is 27.5 Å². The van der Waals surface area contributed by atoms with Gasteiger partial charge in [0.25, 0.3) is 0 Å². The Balaban J connectivity index is 2.37. The van der Waals surface area contributed by atoms with Crippen molar-refractivity contribution in [2.75, 3.05) is 0 Å². The van der Waals surface area contributed by atoms with Crippen LogP contribution in [0.4, 0.5) is 17.6 Å². The van der Waals surface area contributed by atoms with Gasteiger partial charge in [0.15, 0.2) is 0 Å². The van der Waals surface area contributed by atoms with Crippen molar-refractivity contribution in [2.45, 2.75) is 26.6 Å². The smallest absolute Gasteiger partial charge is 0.353 e. The Hall–Kier alpha value is -2.02. The highest BCUT2D eigenvalue weighted by atomic mass is 32.2. The van der Waals surface area contributed by atoms with Crippen LogP contribution in [0.1, 0.15) is 25.0 Å². The quantitative estimate of drug-likeness (QED) is 0.579. The number of nitrogens with zero attached hydrogens (tertiary/aromatic N) is 1. The van der Waals surface area contributed by atoms with Crippen LogP contribution in [0.5, 0.6) is 0 Å². The van der Waals surface area contributed by atoms with Crippen LogP contribution in [0.2, 0.25) is 0 Å². The molecule has 1 aliphatic heterocycles. The Kier molecular flexibility index (Phi) is 5.22. The van der Waals surface area contributed by atoms with Crippen LogP contribution >= 0.6 is 11.8 Å². The van der Waals surface area contributed by atoms with E-state index in [0.717, 1.165) is 23.9 Å². The zero-order valence-corrected chi connectivity index (χ0v) is 14.0. The van der Waals surface area contributed by atoms with E-state index in [2.05, 4.69) is 23.5 Å². The molecule has 0 saturated heterocycles. The molecule has 0 spiro atoms. The van der Waals surface area contributed by atoms with E-state index in [9.17, 15) is 17.6 Å². The molecule has 24 heavy (non-hydrogen) atoms. The molecule has 0 saturated carbocycles. The topological polar surface area (TPSA) is 24.4 Å². The minimum absolute atomic E-state index is 0.400. The van der Waals surface area contributed by atoms with Gasteiger partial charge in [-0.2, -0.15) is 13.2 Å². The summed E-state index contributed by atoms with van der Waals surface area (Å²) < 4.78 is 52.9. The number of benzene rings is 1. The standard InChI is InChI=1S/C17H16F4N2S/c1-9(16-10(2)23-12(4)24-11(16)3)22-8-13-14(17(19,20)21)6-5-7-15(13)18/h5-7,23H,3-4,8H2,1-2H3. The molecule has 0 aliphatic carbocycles. The van der Waals surface area contributed by atoms with Crippen molar-refractivity contribution in [1.29, 1.82) is 0 Å². The van der Waals surface area contributed by atoms with Gasteiger partial charge in [-0.05, 0) is 26.0 Å². The summed E-state index contributed by atoms with van der Waals surface area (Å²) in [5, 5.41) is 3.75. The zero-order valence-electron chi connectivity index (χ0n) is 13.2. The highest BCUT2D eigenvalue weighted by molar-refractivity contribution is 8.07. The molecule has 1 aliphatic rings. The first kappa shape index (κ1) is 18.3. The molecule has 0 atom stereocenters. The summed E-state index contributed by atoms with van der Waals surface area (Å²) in [5.74, 6) is -0.921. The summed E-state index contributed by atoms with van der Waals surface area (Å²) in [6.07, 6.45) is -4.63. The Morgan fingerprint density at radius 3 is 2.54 bits per heavy atom. The second-order valence-electron chi connectivity index (χ2n) is 5.24. The number of alkyl halides is 3. The average molecular weight is 356 g/mol. The van der Waals surface area contributed by atoms with Gasteiger partial charge in [-0.25, -0.2) is 4.39 Å². The van der Waals surface area contributed by atoms with Gasteiger partial charge in [-0.3, -0.25) is 4.99 Å². The number of nitrogens with one attached hydrogen (secondary N) is 1. The molecule has 0 radical (unpaired) electrons. The molecule has 1 aromatic carbocycles. The van der Waals surface area contributed by atoms with Gasteiger partial charge < -0.3 is 5.32 Å². The second-order valence-corrected chi connectivity index (χ2v) is 6.43. The molecule has 0 bridgehead atoms. The Morgan fingerprint density at radius 1 is 1.29 bits per heavy atom. The van der Waals surface area contributed by atoms with Gasteiger partial charge >= 0.3 is 6.18 Å². The second kappa shape index (κ2) is 6.84. The van der Waals surface area contributed by atoms with E-state index in [1.807, 2.05) is 0 Å². The number of hydrogen-bond donors (Lipinski definition) is 1. The van der Waals surface area contributed by atoms with E-state index in [0.29, 0.717) is 21.2 Å². The lowest BCUT2D eigenvalue weighted by molar-refractivity contribution is -0.138. The van der Waals surface area contributed by atoms with Crippen LogP contribution in [-0.4, -0.2) is 5.71 Å². The fourth-order valence-corrected chi connectivity index (χ4v) is 3.35. The Bertz CT molecular complexity index is 760. The SMILES string of the molecule is C=C1NC(C)=C(C(C)=NCc2c(F)cccc2C(F)(F)F)C(=C)S1. The van der Waals surface area contributed by atoms with Gasteiger partial charge in [-0.1, -0.05) is 31.0 Å². The first-order chi connectivity index (χ1) is 11.1. The molecule has 7 heteroatoms. The lowest BCUT2D eigenvalue weighted by atomic mass is 10.1. The van der Waals surface area contributed by atoms with Crippen LogP contribution in [0, 0.1) is 5.82 Å². The van der Waals surface area contributed by atoms with Gasteiger partial charge in [-0.15, -0.1) is 0 Å². The lowest BCUT2D eigenvalue weighted by Gasteiger charge is -2.23. The molecule has 128 valence electrons. The summed E-state index contributed by atoms with van der Waals surface area (Å²) >= 11 is 1.32. The molecule has 1 heterocycles. The highest BCUT2D eigenvalue weighted by Gasteiger charge is 2.34. The van der Waals surface area contributed by atoms with Crippen LogP contribution < -0.4 is 5.32 Å². The van der Waals surface area contributed by atoms with Crippen LogP contribution in [0.25, 0.3) is 0 Å². The van der Waals surface area contributed by atoms with Crippen LogP contribution in [0.3, 0.4) is 0 Å². The molecule has 0 fully saturated rings. The van der Waals surface area contributed by atoms with Crippen molar-refractivity contribution in [3.8, 4) is 0 Å². The van der Waals surface area contributed by atoms with Crippen molar-refractivity contribution in [1.82, 2.24) is 5.32 Å². The molecule has 0 unspecified atom stereocenters. The van der Waals surface area contributed by atoms with Gasteiger partial charge in [0.05, 0.1) is 17.1 Å². The highest BCUT2D eigenvalue weighted by Crippen LogP contribution is 2.36. The predicted molar refractivity (Wildman–Crippen MR) is 89.9 cm³/mol. The molecule has 2 nitrogen and oxygen atoms in total. The molecule has 2 rings (SSSR count). The van der Waals surface area contributed by atoms with Crippen molar-refractivity contribution in [3.05, 3.63) is 69.5 Å². The number of rotatable bonds is 3. The molecule has 1 aromatic rings. The maximum absolute atomic E-state index is 13.9. The first-order valence-electron chi connectivity index (χ1n) is 7.01. The third kappa shape index (κ3) is 3.90. The molecule has 0 aromatic heterocycles. The average Bonchev–Trinajstić information content (AvgIpc) is 2.43. The Morgan fingerprint density at radius 2 is 1.96 bits per heavy atom. The van der Waals surface area contributed by atoms with E-state index in [-0.39, 0.29) is 0 Å². The third-order valence-electron chi connectivity index (χ3n) is 3.49. The molecular weight excluding hydrogens is 340 g/mol. The van der Waals surface area contributed by atoms with Crippen molar-refractivity contribution < 1.29 is 17.6 Å². The van der Waals surface area contributed by atoms with Crippen molar-refractivity contribution in [2.24, 2.45) is 4.99 Å². The minimum Gasteiger partial charge on any atom is -0.353 e. The van der Waals surface area contributed by atoms with Gasteiger partial charge in [0.2, 0.25) is 0 Å². The van der Waals surface area contributed by atoms with Crippen LogP contribution in [0.15, 0.2) is 57.6 Å². The largest absolute Gasteiger partial charge is 0.416 e. The summed E-state index contributed by atoms with van der Waals surface area (Å²) in [7, 11) is 0. The fraction of sp³-hybridized carbons (Fsp3) is 0.235. The van der Waals surface area contributed by atoms with E-state index in [1.165, 1.54) is 11.8 Å². The molecule has 0 amide bonds. The number of halogens is 4. The summed E-state index contributed by atoms with van der Waals surface area (Å²) in [4.78, 5) is 4.85. The predicted octanol–water partition coefficient (Wildman–Crippen LogP) is 5.40. The summed E-state index contributed by atoms with van der Waals surface area (Å²) in [6, 6.07) is 2.90. The van der Waals surface area contributed by atoms with Crippen molar-refractivity contribution in [3.63, 3.8) is 0 Å². The van der Waals surface area contributed by atoms with E-state index in [4.69, 9.17) is 0 Å². The Labute approximate surface area is 142 Å². The number of allylic oxidation sites excluding steroid dienone is 2. The third-order valence-corrected chi connectivity index (χ3v) is 4.29. The van der Waals surface area contributed by atoms with E-state index < -0.39 is 29.7 Å². The maximum Gasteiger partial charge on any atom is 0.416 e. The first-order valence-corrected chi connectivity index (χ1v) is 7.83. The number of hydrogen-bond acceptors (Lipinski definition) is 3. The van der Waals surface area contributed by atoms with Crippen LogP contribution in [-0.2, 0) is 12.7 Å². The number of aliphatic imine (C=N–C) groups is 1. The summed E-state index contributed by atoms with van der Waals surface area (Å²) in [5.41, 5.74) is 0.482.